The van der Waals surface area contributed by atoms with Gasteiger partial charge in [-0.2, -0.15) is 0 Å². The standard InChI is InChI=1S/Co.6H2O.Ti/h;6*1H2;/q+2;;;;;;;+4/p-6. The molecule has 0 bridgehead atoms. The predicted octanol–water partition coefficient (Wildman–Crippen LogP) is -1.07. The molecule has 6 nitrogen and oxygen atoms in total. The van der Waals surface area contributed by atoms with Gasteiger partial charge in [0.1, 0.15) is 0 Å². The molecule has 0 aromatic rings. The van der Waals surface area contributed by atoms with Crippen molar-refractivity contribution in [3.8, 4) is 0 Å². The summed E-state index contributed by atoms with van der Waals surface area (Å²) in [5.41, 5.74) is 0. The molecular formula is H6CoO6Ti. The Bertz CT molecular complexity index is 8.49. The Kier molecular flexibility index (Phi) is 30100. The van der Waals surface area contributed by atoms with Crippen molar-refractivity contribution in [1.82, 2.24) is 0 Å². The second-order valence-electron chi connectivity index (χ2n) is 0. The van der Waals surface area contributed by atoms with Crippen molar-refractivity contribution in [2.75, 3.05) is 0 Å². The van der Waals surface area contributed by atoms with Crippen molar-refractivity contribution in [2.45, 2.75) is 0 Å². The molecule has 0 atom stereocenters. The molecule has 0 aromatic heterocycles. The summed E-state index contributed by atoms with van der Waals surface area (Å²) in [6.07, 6.45) is 0. The molecule has 0 unspecified atom stereocenters. The van der Waals surface area contributed by atoms with E-state index in [1.165, 1.54) is 0 Å². The fraction of sp³-hybridized carbons (Fsp3) is 0. The van der Waals surface area contributed by atoms with Crippen LogP contribution in [0.3, 0.4) is 0 Å². The average molecular weight is 209 g/mol. The molecular weight excluding hydrogens is 203 g/mol. The van der Waals surface area contributed by atoms with Crippen molar-refractivity contribution in [3.63, 3.8) is 0 Å². The van der Waals surface area contributed by atoms with Crippen LogP contribution in [0.1, 0.15) is 0 Å². The van der Waals surface area contributed by atoms with Crippen LogP contribution in [0.25, 0.3) is 0 Å². The van der Waals surface area contributed by atoms with E-state index in [2.05, 4.69) is 0 Å². The minimum absolute atomic E-state index is 0. The number of hydrogen-bond donors (Lipinski definition) is 0. The van der Waals surface area contributed by atoms with Crippen molar-refractivity contribution >= 4 is 0 Å². The van der Waals surface area contributed by atoms with Crippen LogP contribution in [0.4, 0.5) is 0 Å². The summed E-state index contributed by atoms with van der Waals surface area (Å²) < 4.78 is 0. The molecule has 55 valence electrons. The second kappa shape index (κ2) is 404. The Morgan fingerprint density at radius 1 is 0.375 bits per heavy atom. The van der Waals surface area contributed by atoms with Crippen LogP contribution >= 0.6 is 0 Å². The molecule has 6 N–H and O–H groups in total. The molecule has 0 aromatic carbocycles. The Hall–Kier alpha value is 0.981. The van der Waals surface area contributed by atoms with E-state index in [-0.39, 0.29) is 71.4 Å². The average Bonchev–Trinajstić information content (AvgIpc) is 0. The SMILES string of the molecule is [Co+2].[OH-].[OH-].[OH-].[OH-].[OH-].[OH-].[Ti+4]. The van der Waals surface area contributed by atoms with Crippen LogP contribution in [0.15, 0.2) is 0 Å². The van der Waals surface area contributed by atoms with E-state index in [4.69, 9.17) is 0 Å². The van der Waals surface area contributed by atoms with E-state index in [1.54, 1.807) is 0 Å². The van der Waals surface area contributed by atoms with Crippen LogP contribution < -0.4 is 0 Å². The van der Waals surface area contributed by atoms with Crippen molar-refractivity contribution in [2.24, 2.45) is 0 Å². The van der Waals surface area contributed by atoms with Crippen molar-refractivity contribution in [1.29, 1.82) is 0 Å². The molecule has 0 aliphatic carbocycles. The minimum atomic E-state index is 0. The maximum atomic E-state index is 0. The first-order chi connectivity index (χ1) is 0. The third-order valence-corrected chi connectivity index (χ3v) is 0. The first-order valence-electron chi connectivity index (χ1n) is 0. The van der Waals surface area contributed by atoms with E-state index < -0.39 is 0 Å². The molecule has 0 heterocycles. The van der Waals surface area contributed by atoms with Crippen molar-refractivity contribution < 1.29 is 71.4 Å². The van der Waals surface area contributed by atoms with Gasteiger partial charge in [0.15, 0.2) is 0 Å². The molecule has 0 saturated carbocycles. The molecule has 8 heavy (non-hydrogen) atoms. The summed E-state index contributed by atoms with van der Waals surface area (Å²) >= 11 is 0. The van der Waals surface area contributed by atoms with Gasteiger partial charge in [0, 0.05) is 0 Å². The van der Waals surface area contributed by atoms with E-state index in [9.17, 15) is 0 Å². The molecule has 8 heteroatoms. The van der Waals surface area contributed by atoms with Gasteiger partial charge < -0.3 is 32.9 Å². The molecule has 0 aliphatic rings. The largest absolute Gasteiger partial charge is 4.00 e. The molecule has 1 radical (unpaired) electrons. The zero-order valence-corrected chi connectivity index (χ0v) is 6.12. The smallest absolute Gasteiger partial charge is 0.870 e. The maximum Gasteiger partial charge on any atom is 4.00 e. The molecule has 0 aliphatic heterocycles. The molecule has 0 amide bonds. The summed E-state index contributed by atoms with van der Waals surface area (Å²) in [5, 5.41) is 0. The topological polar surface area (TPSA) is 180 Å². The normalized spacial score (nSPS) is 0. The van der Waals surface area contributed by atoms with Crippen LogP contribution in [0, 0.1) is 0 Å². The first-order valence-corrected chi connectivity index (χ1v) is 0. The van der Waals surface area contributed by atoms with Gasteiger partial charge >= 0.3 is 38.5 Å². The molecule has 0 spiro atoms. The van der Waals surface area contributed by atoms with Crippen LogP contribution in [-0.4, -0.2) is 32.9 Å². The zero-order valence-electron chi connectivity index (χ0n) is 3.52. The van der Waals surface area contributed by atoms with Crippen LogP contribution in [0.2, 0.25) is 0 Å². The fourth-order valence-corrected chi connectivity index (χ4v) is 0. The molecule has 0 saturated heterocycles. The van der Waals surface area contributed by atoms with Gasteiger partial charge in [0.05, 0.1) is 0 Å². The maximum absolute atomic E-state index is 0. The van der Waals surface area contributed by atoms with Gasteiger partial charge in [0.25, 0.3) is 0 Å². The van der Waals surface area contributed by atoms with E-state index in [1.807, 2.05) is 0 Å². The zero-order chi connectivity index (χ0) is 0. The third-order valence-electron chi connectivity index (χ3n) is 0. The third kappa shape index (κ3) is 260. The quantitative estimate of drug-likeness (QED) is 0.457. The Balaban J connectivity index is 0. The second-order valence-corrected chi connectivity index (χ2v) is 0. The van der Waals surface area contributed by atoms with Gasteiger partial charge in [0.2, 0.25) is 0 Å². The number of rotatable bonds is 0. The van der Waals surface area contributed by atoms with E-state index in [0.717, 1.165) is 0 Å². The Labute approximate surface area is 71.6 Å². The predicted molar refractivity (Wildman–Crippen MR) is 11.6 cm³/mol. The van der Waals surface area contributed by atoms with Gasteiger partial charge in [-0.3, -0.25) is 0 Å². The van der Waals surface area contributed by atoms with Gasteiger partial charge in [-0.1, -0.05) is 0 Å². The summed E-state index contributed by atoms with van der Waals surface area (Å²) in [4.78, 5) is 0. The molecule has 0 rings (SSSR count). The first kappa shape index (κ1) is 595. The summed E-state index contributed by atoms with van der Waals surface area (Å²) in [5.74, 6) is 0. The van der Waals surface area contributed by atoms with E-state index in [0.29, 0.717) is 0 Å². The van der Waals surface area contributed by atoms with Crippen LogP contribution in [0.5, 0.6) is 0 Å². The minimum Gasteiger partial charge on any atom is -0.870 e. The number of hydrogen-bond acceptors (Lipinski definition) is 6. The monoisotopic (exact) mass is 209 g/mol. The summed E-state index contributed by atoms with van der Waals surface area (Å²) in [7, 11) is 0. The molecule has 0 fully saturated rings. The van der Waals surface area contributed by atoms with Crippen LogP contribution in [-0.2, 0) is 38.5 Å². The summed E-state index contributed by atoms with van der Waals surface area (Å²) in [6, 6.07) is 0. The van der Waals surface area contributed by atoms with Gasteiger partial charge in [-0.05, 0) is 0 Å². The van der Waals surface area contributed by atoms with Crippen molar-refractivity contribution in [3.05, 3.63) is 0 Å². The van der Waals surface area contributed by atoms with E-state index >= 15 is 0 Å². The Morgan fingerprint density at radius 2 is 0.375 bits per heavy atom. The van der Waals surface area contributed by atoms with Gasteiger partial charge in [-0.15, -0.1) is 0 Å². The summed E-state index contributed by atoms with van der Waals surface area (Å²) in [6.45, 7) is 0. The Morgan fingerprint density at radius 3 is 0.375 bits per heavy atom. The fourth-order valence-electron chi connectivity index (χ4n) is 0. The van der Waals surface area contributed by atoms with Gasteiger partial charge in [-0.25, -0.2) is 0 Å².